The molecule has 6 nitrogen and oxygen atoms in total. The van der Waals surface area contributed by atoms with E-state index in [0.717, 1.165) is 23.5 Å². The minimum atomic E-state index is -0.431. The van der Waals surface area contributed by atoms with E-state index in [2.05, 4.69) is 5.32 Å². The van der Waals surface area contributed by atoms with Gasteiger partial charge in [-0.05, 0) is 43.2 Å². The maximum Gasteiger partial charge on any atom is 0.407 e. The van der Waals surface area contributed by atoms with Gasteiger partial charge in [0.05, 0.1) is 17.9 Å². The summed E-state index contributed by atoms with van der Waals surface area (Å²) >= 11 is 1.54. The van der Waals surface area contributed by atoms with Crippen LogP contribution in [0, 0.1) is 0 Å². The molecule has 1 fully saturated rings. The molecule has 2 aromatic carbocycles. The van der Waals surface area contributed by atoms with Crippen LogP contribution in [0.15, 0.2) is 54.6 Å². The molecule has 0 radical (unpaired) electrons. The average Bonchev–Trinajstić information content (AvgIpc) is 3.04. The molecule has 1 saturated heterocycles. The third kappa shape index (κ3) is 5.66. The van der Waals surface area contributed by atoms with Crippen molar-refractivity contribution in [2.75, 3.05) is 12.5 Å². The first kappa shape index (κ1) is 20.1. The number of nitrogens with zero attached hydrogens (tertiary/aromatic N) is 1. The second-order valence-corrected chi connectivity index (χ2v) is 7.45. The van der Waals surface area contributed by atoms with Gasteiger partial charge in [-0.2, -0.15) is 0 Å². The number of hydrogen-bond acceptors (Lipinski definition) is 5. The van der Waals surface area contributed by atoms with Gasteiger partial charge >= 0.3 is 6.09 Å². The summed E-state index contributed by atoms with van der Waals surface area (Å²) in [5.41, 5.74) is 1.04. The van der Waals surface area contributed by atoms with Crippen LogP contribution in [-0.4, -0.2) is 34.8 Å². The Bertz CT molecular complexity index is 783. The average molecular weight is 401 g/mol. The lowest BCUT2D eigenvalue weighted by molar-refractivity contribution is -0.128. The normalized spacial score (nSPS) is 16.1. The SMILES string of the molecule is CCOC(=O)NCSC1CCC(=O)N1Cc1ccc(Oc2ccccc2)cc1. The molecule has 7 heteroatoms. The number of nitrogens with one attached hydrogen (secondary N) is 1. The Morgan fingerprint density at radius 1 is 1.14 bits per heavy atom. The molecule has 0 bridgehead atoms. The van der Waals surface area contributed by atoms with E-state index in [-0.39, 0.29) is 11.3 Å². The number of thioether (sulfide) groups is 1. The number of ether oxygens (including phenoxy) is 2. The Balaban J connectivity index is 1.53. The molecule has 1 heterocycles. The van der Waals surface area contributed by atoms with Crippen LogP contribution in [0.4, 0.5) is 4.79 Å². The smallest absolute Gasteiger partial charge is 0.407 e. The summed E-state index contributed by atoms with van der Waals surface area (Å²) in [6.07, 6.45) is 0.884. The Hall–Kier alpha value is -2.67. The quantitative estimate of drug-likeness (QED) is 0.667. The van der Waals surface area contributed by atoms with Gasteiger partial charge in [0.15, 0.2) is 0 Å². The van der Waals surface area contributed by atoms with Crippen molar-refractivity contribution in [2.24, 2.45) is 0 Å². The van der Waals surface area contributed by atoms with Crippen molar-refractivity contribution in [3.05, 3.63) is 60.2 Å². The van der Waals surface area contributed by atoms with Crippen molar-refractivity contribution >= 4 is 23.8 Å². The second kappa shape index (κ2) is 10.0. The van der Waals surface area contributed by atoms with Crippen LogP contribution in [0.1, 0.15) is 25.3 Å². The second-order valence-electron chi connectivity index (χ2n) is 6.28. The number of para-hydroxylation sites is 1. The number of rotatable bonds is 8. The fourth-order valence-corrected chi connectivity index (χ4v) is 3.98. The van der Waals surface area contributed by atoms with Crippen molar-refractivity contribution in [2.45, 2.75) is 31.7 Å². The standard InChI is InChI=1S/C21H24N2O4S/c1-2-26-21(25)22-15-28-20-13-12-19(24)23(20)14-16-8-10-18(11-9-16)27-17-6-4-3-5-7-17/h3-11,20H,2,12-15H2,1H3,(H,22,25). The maximum atomic E-state index is 12.3. The summed E-state index contributed by atoms with van der Waals surface area (Å²) in [5.74, 6) is 2.10. The molecule has 1 aliphatic heterocycles. The van der Waals surface area contributed by atoms with E-state index in [9.17, 15) is 9.59 Å². The molecular formula is C21H24N2O4S. The Kier molecular flexibility index (Phi) is 7.19. The van der Waals surface area contributed by atoms with Crippen molar-refractivity contribution < 1.29 is 19.1 Å². The lowest BCUT2D eigenvalue weighted by Crippen LogP contribution is -2.32. The predicted molar refractivity (Wildman–Crippen MR) is 109 cm³/mol. The summed E-state index contributed by atoms with van der Waals surface area (Å²) in [7, 11) is 0. The number of amides is 2. The molecule has 1 aliphatic rings. The van der Waals surface area contributed by atoms with Crippen LogP contribution in [0.3, 0.4) is 0 Å². The van der Waals surface area contributed by atoms with Crippen molar-refractivity contribution in [1.82, 2.24) is 10.2 Å². The Labute approximate surface area is 169 Å². The molecule has 0 aliphatic carbocycles. The van der Waals surface area contributed by atoms with E-state index in [1.165, 1.54) is 0 Å². The van der Waals surface area contributed by atoms with Crippen LogP contribution in [0.5, 0.6) is 11.5 Å². The summed E-state index contributed by atoms with van der Waals surface area (Å²) in [5, 5.41) is 2.74. The van der Waals surface area contributed by atoms with Crippen molar-refractivity contribution in [3.63, 3.8) is 0 Å². The number of hydrogen-bond donors (Lipinski definition) is 1. The zero-order chi connectivity index (χ0) is 19.8. The highest BCUT2D eigenvalue weighted by atomic mass is 32.2. The molecule has 1 atom stereocenters. The monoisotopic (exact) mass is 400 g/mol. The van der Waals surface area contributed by atoms with Gasteiger partial charge in [0.2, 0.25) is 5.91 Å². The number of benzene rings is 2. The maximum absolute atomic E-state index is 12.3. The van der Waals surface area contributed by atoms with Crippen LogP contribution in [0.2, 0.25) is 0 Å². The van der Waals surface area contributed by atoms with E-state index < -0.39 is 6.09 Å². The summed E-state index contributed by atoms with van der Waals surface area (Å²) in [4.78, 5) is 25.5. The minimum Gasteiger partial charge on any atom is -0.457 e. The molecular weight excluding hydrogens is 376 g/mol. The molecule has 2 aromatic rings. The predicted octanol–water partition coefficient (Wildman–Crippen LogP) is 4.36. The van der Waals surface area contributed by atoms with Gasteiger partial charge in [0.25, 0.3) is 0 Å². The molecule has 0 saturated carbocycles. The molecule has 1 N–H and O–H groups in total. The van der Waals surface area contributed by atoms with Gasteiger partial charge in [0.1, 0.15) is 11.5 Å². The highest BCUT2D eigenvalue weighted by molar-refractivity contribution is 7.99. The van der Waals surface area contributed by atoms with Gasteiger partial charge in [-0.1, -0.05) is 30.3 Å². The van der Waals surface area contributed by atoms with Gasteiger partial charge in [0, 0.05) is 13.0 Å². The fraction of sp³-hybridized carbons (Fsp3) is 0.333. The number of alkyl carbamates (subject to hydrolysis) is 1. The van der Waals surface area contributed by atoms with Crippen molar-refractivity contribution in [3.8, 4) is 11.5 Å². The van der Waals surface area contributed by atoms with Crippen LogP contribution >= 0.6 is 11.8 Å². The fourth-order valence-electron chi connectivity index (χ4n) is 2.93. The number of carbonyl (C=O) groups is 2. The third-order valence-electron chi connectivity index (χ3n) is 4.30. The van der Waals surface area contributed by atoms with E-state index >= 15 is 0 Å². The first-order valence-corrected chi connectivity index (χ1v) is 10.3. The largest absolute Gasteiger partial charge is 0.457 e. The number of likely N-dealkylation sites (tertiary alicyclic amines) is 1. The Morgan fingerprint density at radius 2 is 1.86 bits per heavy atom. The number of carbonyl (C=O) groups excluding carboxylic acids is 2. The van der Waals surface area contributed by atoms with E-state index in [4.69, 9.17) is 9.47 Å². The lowest BCUT2D eigenvalue weighted by atomic mass is 10.2. The van der Waals surface area contributed by atoms with Gasteiger partial charge in [-0.25, -0.2) is 4.79 Å². The van der Waals surface area contributed by atoms with E-state index in [1.807, 2.05) is 59.5 Å². The minimum absolute atomic E-state index is 0.0506. The molecule has 0 spiro atoms. The third-order valence-corrected chi connectivity index (χ3v) is 5.48. The van der Waals surface area contributed by atoms with Gasteiger partial charge < -0.3 is 19.7 Å². The molecule has 2 amide bonds. The van der Waals surface area contributed by atoms with E-state index in [0.29, 0.717) is 25.4 Å². The summed E-state index contributed by atoms with van der Waals surface area (Å²) in [6.45, 7) is 2.65. The Morgan fingerprint density at radius 3 is 2.57 bits per heavy atom. The zero-order valence-electron chi connectivity index (χ0n) is 15.8. The highest BCUT2D eigenvalue weighted by Gasteiger charge is 2.31. The topological polar surface area (TPSA) is 67.9 Å². The molecule has 1 unspecified atom stereocenters. The molecule has 0 aromatic heterocycles. The highest BCUT2D eigenvalue weighted by Crippen LogP contribution is 2.30. The van der Waals surface area contributed by atoms with Crippen LogP contribution < -0.4 is 10.1 Å². The molecule has 28 heavy (non-hydrogen) atoms. The van der Waals surface area contributed by atoms with Crippen LogP contribution in [-0.2, 0) is 16.1 Å². The van der Waals surface area contributed by atoms with Crippen LogP contribution in [0.25, 0.3) is 0 Å². The summed E-state index contributed by atoms with van der Waals surface area (Å²) < 4.78 is 10.7. The molecule has 148 valence electrons. The molecule has 3 rings (SSSR count). The zero-order valence-corrected chi connectivity index (χ0v) is 16.6. The van der Waals surface area contributed by atoms with Gasteiger partial charge in [-0.15, -0.1) is 11.8 Å². The lowest BCUT2D eigenvalue weighted by Gasteiger charge is -2.24. The summed E-state index contributed by atoms with van der Waals surface area (Å²) in [6, 6.07) is 17.4. The first-order valence-electron chi connectivity index (χ1n) is 9.29. The van der Waals surface area contributed by atoms with Crippen molar-refractivity contribution in [1.29, 1.82) is 0 Å². The van der Waals surface area contributed by atoms with Gasteiger partial charge in [-0.3, -0.25) is 4.79 Å². The first-order chi connectivity index (χ1) is 13.7. The van der Waals surface area contributed by atoms with E-state index in [1.54, 1.807) is 18.7 Å².